The van der Waals surface area contributed by atoms with Gasteiger partial charge in [0, 0.05) is 69.4 Å². The fourth-order valence-corrected chi connectivity index (χ4v) is 4.00. The molecular weight excluding hydrogens is 362 g/mol. The van der Waals surface area contributed by atoms with Gasteiger partial charge in [0.2, 0.25) is 5.91 Å². The van der Waals surface area contributed by atoms with Crippen LogP contribution in [0.15, 0.2) is 54.6 Å². The SMILES string of the molecule is CN1CCN(c2ccc(NCC(=O)N3CCN(c4ccccc4)CC3)cc2)CC1. The molecule has 0 aliphatic carbocycles. The molecule has 2 aromatic rings. The van der Waals surface area contributed by atoms with Crippen LogP contribution in [-0.4, -0.2) is 81.7 Å². The van der Waals surface area contributed by atoms with E-state index in [1.54, 1.807) is 0 Å². The molecule has 2 fully saturated rings. The molecule has 0 spiro atoms. The summed E-state index contributed by atoms with van der Waals surface area (Å²) in [5.41, 5.74) is 3.49. The third-order valence-corrected chi connectivity index (χ3v) is 5.93. The van der Waals surface area contributed by atoms with Gasteiger partial charge in [-0.05, 0) is 43.4 Å². The van der Waals surface area contributed by atoms with Crippen LogP contribution in [-0.2, 0) is 4.79 Å². The second-order valence-corrected chi connectivity index (χ2v) is 7.89. The van der Waals surface area contributed by atoms with E-state index in [1.165, 1.54) is 11.4 Å². The molecule has 29 heavy (non-hydrogen) atoms. The number of carbonyl (C=O) groups is 1. The Labute approximate surface area is 173 Å². The van der Waals surface area contributed by atoms with Crippen LogP contribution in [0.5, 0.6) is 0 Å². The molecule has 0 unspecified atom stereocenters. The largest absolute Gasteiger partial charge is 0.376 e. The Bertz CT molecular complexity index is 779. The lowest BCUT2D eigenvalue weighted by atomic mass is 10.2. The highest BCUT2D eigenvalue weighted by Crippen LogP contribution is 2.19. The maximum absolute atomic E-state index is 12.6. The highest BCUT2D eigenvalue weighted by Gasteiger charge is 2.21. The molecule has 1 amide bonds. The van der Waals surface area contributed by atoms with Gasteiger partial charge in [0.1, 0.15) is 0 Å². The van der Waals surface area contributed by atoms with E-state index >= 15 is 0 Å². The number of rotatable bonds is 5. The molecule has 2 saturated heterocycles. The van der Waals surface area contributed by atoms with Crippen molar-refractivity contribution in [2.24, 2.45) is 0 Å². The Balaban J connectivity index is 1.23. The predicted molar refractivity (Wildman–Crippen MR) is 120 cm³/mol. The second kappa shape index (κ2) is 9.18. The number of hydrogen-bond acceptors (Lipinski definition) is 5. The maximum Gasteiger partial charge on any atom is 0.241 e. The highest BCUT2D eigenvalue weighted by molar-refractivity contribution is 5.81. The van der Waals surface area contributed by atoms with Gasteiger partial charge in [-0.1, -0.05) is 18.2 Å². The first-order valence-corrected chi connectivity index (χ1v) is 10.5. The van der Waals surface area contributed by atoms with Gasteiger partial charge >= 0.3 is 0 Å². The van der Waals surface area contributed by atoms with E-state index in [-0.39, 0.29) is 5.91 Å². The number of carbonyl (C=O) groups excluding carboxylic acids is 1. The summed E-state index contributed by atoms with van der Waals surface area (Å²) < 4.78 is 0. The van der Waals surface area contributed by atoms with Crippen molar-refractivity contribution >= 4 is 23.0 Å². The second-order valence-electron chi connectivity index (χ2n) is 7.89. The van der Waals surface area contributed by atoms with Crippen molar-refractivity contribution in [2.45, 2.75) is 0 Å². The zero-order valence-electron chi connectivity index (χ0n) is 17.3. The van der Waals surface area contributed by atoms with E-state index in [1.807, 2.05) is 11.0 Å². The highest BCUT2D eigenvalue weighted by atomic mass is 16.2. The number of benzene rings is 2. The van der Waals surface area contributed by atoms with E-state index in [2.05, 4.69) is 75.6 Å². The van der Waals surface area contributed by atoms with Gasteiger partial charge < -0.3 is 24.9 Å². The monoisotopic (exact) mass is 393 g/mol. The number of amides is 1. The van der Waals surface area contributed by atoms with Crippen LogP contribution >= 0.6 is 0 Å². The lowest BCUT2D eigenvalue weighted by molar-refractivity contribution is -0.129. The summed E-state index contributed by atoms with van der Waals surface area (Å²) in [5, 5.41) is 3.29. The summed E-state index contributed by atoms with van der Waals surface area (Å²) in [6.07, 6.45) is 0. The van der Waals surface area contributed by atoms with Gasteiger partial charge in [0.15, 0.2) is 0 Å². The standard InChI is InChI=1S/C23H31N5O/c1-25-11-13-26(14-12-25)22-9-7-20(8-10-22)24-19-23(29)28-17-15-27(16-18-28)21-5-3-2-4-6-21/h2-10,24H,11-19H2,1H3. The lowest BCUT2D eigenvalue weighted by Gasteiger charge is -2.36. The fraction of sp³-hybridized carbons (Fsp3) is 0.435. The molecule has 0 bridgehead atoms. The Morgan fingerprint density at radius 3 is 1.93 bits per heavy atom. The number of piperazine rings is 2. The van der Waals surface area contributed by atoms with Crippen LogP contribution in [0, 0.1) is 0 Å². The van der Waals surface area contributed by atoms with Crippen molar-refractivity contribution in [3.8, 4) is 0 Å². The zero-order valence-corrected chi connectivity index (χ0v) is 17.3. The number of nitrogens with one attached hydrogen (secondary N) is 1. The minimum Gasteiger partial charge on any atom is -0.376 e. The van der Waals surface area contributed by atoms with E-state index in [4.69, 9.17) is 0 Å². The molecule has 0 radical (unpaired) electrons. The minimum absolute atomic E-state index is 0.167. The fourth-order valence-electron chi connectivity index (χ4n) is 4.00. The topological polar surface area (TPSA) is 42.1 Å². The molecule has 0 aromatic heterocycles. The van der Waals surface area contributed by atoms with E-state index in [0.29, 0.717) is 6.54 Å². The molecule has 4 rings (SSSR count). The third kappa shape index (κ3) is 5.01. The number of hydrogen-bond donors (Lipinski definition) is 1. The van der Waals surface area contributed by atoms with Crippen molar-refractivity contribution in [1.82, 2.24) is 9.80 Å². The average molecular weight is 394 g/mol. The van der Waals surface area contributed by atoms with Crippen LogP contribution in [0.4, 0.5) is 17.1 Å². The summed E-state index contributed by atoms with van der Waals surface area (Å²) >= 11 is 0. The van der Waals surface area contributed by atoms with Gasteiger partial charge in [0.05, 0.1) is 6.54 Å². The molecule has 1 N–H and O–H groups in total. The van der Waals surface area contributed by atoms with Crippen LogP contribution in [0.1, 0.15) is 0 Å². The molecule has 2 heterocycles. The van der Waals surface area contributed by atoms with Crippen LogP contribution in [0.2, 0.25) is 0 Å². The van der Waals surface area contributed by atoms with Crippen LogP contribution in [0.3, 0.4) is 0 Å². The smallest absolute Gasteiger partial charge is 0.241 e. The quantitative estimate of drug-likeness (QED) is 0.844. The molecule has 0 saturated carbocycles. The Morgan fingerprint density at radius 1 is 0.759 bits per heavy atom. The molecular formula is C23H31N5O. The summed E-state index contributed by atoms with van der Waals surface area (Å²) in [5.74, 6) is 0.167. The first-order chi connectivity index (χ1) is 14.2. The summed E-state index contributed by atoms with van der Waals surface area (Å²) in [6, 6.07) is 18.9. The number of para-hydroxylation sites is 1. The van der Waals surface area contributed by atoms with Gasteiger partial charge in [0.25, 0.3) is 0 Å². The molecule has 6 nitrogen and oxygen atoms in total. The lowest BCUT2D eigenvalue weighted by Crippen LogP contribution is -2.50. The first kappa shape index (κ1) is 19.6. The molecule has 0 atom stereocenters. The third-order valence-electron chi connectivity index (χ3n) is 5.93. The normalized spacial score (nSPS) is 18.0. The summed E-state index contributed by atoms with van der Waals surface area (Å²) in [6.45, 7) is 8.01. The van der Waals surface area contributed by atoms with Gasteiger partial charge in [-0.15, -0.1) is 0 Å². The molecule has 2 aliphatic rings. The first-order valence-electron chi connectivity index (χ1n) is 10.5. The van der Waals surface area contributed by atoms with Crippen molar-refractivity contribution < 1.29 is 4.79 Å². The van der Waals surface area contributed by atoms with Crippen molar-refractivity contribution in [1.29, 1.82) is 0 Å². The summed E-state index contributed by atoms with van der Waals surface area (Å²) in [4.78, 5) is 21.7. The Hall–Kier alpha value is -2.73. The number of likely N-dealkylation sites (N-methyl/N-ethyl adjacent to an activating group) is 1. The molecule has 154 valence electrons. The average Bonchev–Trinajstić information content (AvgIpc) is 2.79. The van der Waals surface area contributed by atoms with E-state index < -0.39 is 0 Å². The Kier molecular flexibility index (Phi) is 6.20. The van der Waals surface area contributed by atoms with Crippen molar-refractivity contribution in [3.05, 3.63) is 54.6 Å². The van der Waals surface area contributed by atoms with Crippen molar-refractivity contribution in [2.75, 3.05) is 81.1 Å². The van der Waals surface area contributed by atoms with Gasteiger partial charge in [-0.3, -0.25) is 4.79 Å². The predicted octanol–water partition coefficient (Wildman–Crippen LogP) is 2.20. The zero-order chi connectivity index (χ0) is 20.1. The van der Waals surface area contributed by atoms with E-state index in [9.17, 15) is 4.79 Å². The van der Waals surface area contributed by atoms with Gasteiger partial charge in [-0.25, -0.2) is 0 Å². The van der Waals surface area contributed by atoms with Gasteiger partial charge in [-0.2, -0.15) is 0 Å². The summed E-state index contributed by atoms with van der Waals surface area (Å²) in [7, 11) is 2.17. The molecule has 2 aliphatic heterocycles. The van der Waals surface area contributed by atoms with Crippen molar-refractivity contribution in [3.63, 3.8) is 0 Å². The number of anilines is 3. The van der Waals surface area contributed by atoms with E-state index in [0.717, 1.165) is 58.0 Å². The molecule has 2 aromatic carbocycles. The molecule has 6 heteroatoms. The number of nitrogens with zero attached hydrogens (tertiary/aromatic N) is 4. The van der Waals surface area contributed by atoms with Crippen LogP contribution < -0.4 is 15.1 Å². The Morgan fingerprint density at radius 2 is 1.31 bits per heavy atom. The minimum atomic E-state index is 0.167. The van der Waals surface area contributed by atoms with Crippen LogP contribution in [0.25, 0.3) is 0 Å². The maximum atomic E-state index is 12.6.